The number of amides is 1. The van der Waals surface area contributed by atoms with Crippen molar-refractivity contribution >= 4 is 27.5 Å². The van der Waals surface area contributed by atoms with Crippen LogP contribution in [0.3, 0.4) is 0 Å². The van der Waals surface area contributed by atoms with Gasteiger partial charge in [-0.1, -0.05) is 34.1 Å². The molecule has 1 amide bonds. The van der Waals surface area contributed by atoms with Gasteiger partial charge in [0.2, 0.25) is 0 Å². The molecular formula is C15H14BrFN2O. The van der Waals surface area contributed by atoms with E-state index in [9.17, 15) is 9.18 Å². The quantitative estimate of drug-likeness (QED) is 0.872. The highest BCUT2D eigenvalue weighted by Crippen LogP contribution is 2.19. The third-order valence-corrected chi connectivity index (χ3v) is 3.34. The van der Waals surface area contributed by atoms with Crippen LogP contribution in [0.25, 0.3) is 0 Å². The number of anilines is 1. The van der Waals surface area contributed by atoms with E-state index in [1.165, 1.54) is 11.0 Å². The van der Waals surface area contributed by atoms with Crippen molar-refractivity contribution in [3.8, 4) is 0 Å². The number of nitrogens with two attached hydrogens (primary N) is 1. The summed E-state index contributed by atoms with van der Waals surface area (Å²) >= 11 is 3.30. The smallest absolute Gasteiger partial charge is 0.254 e. The van der Waals surface area contributed by atoms with Gasteiger partial charge in [-0.2, -0.15) is 0 Å². The van der Waals surface area contributed by atoms with E-state index in [4.69, 9.17) is 5.73 Å². The predicted octanol–water partition coefficient (Wildman–Crippen LogP) is 3.44. The van der Waals surface area contributed by atoms with Crippen molar-refractivity contribution in [2.75, 3.05) is 12.8 Å². The molecule has 0 aliphatic carbocycles. The second-order valence-corrected chi connectivity index (χ2v) is 5.44. The van der Waals surface area contributed by atoms with Gasteiger partial charge in [0, 0.05) is 34.9 Å². The third kappa shape index (κ3) is 3.36. The molecule has 0 aliphatic heterocycles. The van der Waals surface area contributed by atoms with Crippen LogP contribution < -0.4 is 5.73 Å². The summed E-state index contributed by atoms with van der Waals surface area (Å²) in [5.41, 5.74) is 7.16. The van der Waals surface area contributed by atoms with E-state index in [0.717, 1.165) is 4.47 Å². The Balaban J connectivity index is 2.18. The van der Waals surface area contributed by atoms with Crippen LogP contribution in [0.1, 0.15) is 15.9 Å². The Morgan fingerprint density at radius 1 is 1.30 bits per heavy atom. The summed E-state index contributed by atoms with van der Waals surface area (Å²) in [6.45, 7) is 0.206. The number of carbonyl (C=O) groups excluding carboxylic acids is 1. The van der Waals surface area contributed by atoms with Crippen LogP contribution in [0.5, 0.6) is 0 Å². The van der Waals surface area contributed by atoms with Gasteiger partial charge in [0.15, 0.2) is 0 Å². The number of hydrogen-bond donors (Lipinski definition) is 1. The molecule has 104 valence electrons. The molecule has 0 fully saturated rings. The number of halogens is 2. The van der Waals surface area contributed by atoms with E-state index in [1.54, 1.807) is 43.4 Å². The summed E-state index contributed by atoms with van der Waals surface area (Å²) in [6.07, 6.45) is 0. The number of nitrogens with zero attached hydrogens (tertiary/aromatic N) is 1. The van der Waals surface area contributed by atoms with Crippen LogP contribution in [-0.4, -0.2) is 17.9 Å². The number of rotatable bonds is 3. The van der Waals surface area contributed by atoms with Crippen LogP contribution in [0.2, 0.25) is 0 Å². The maximum absolute atomic E-state index is 13.6. The average Bonchev–Trinajstić information content (AvgIpc) is 2.39. The van der Waals surface area contributed by atoms with E-state index < -0.39 is 0 Å². The zero-order chi connectivity index (χ0) is 14.7. The van der Waals surface area contributed by atoms with E-state index in [2.05, 4.69) is 15.9 Å². The largest absolute Gasteiger partial charge is 0.399 e. The first-order valence-electron chi connectivity index (χ1n) is 6.02. The zero-order valence-electron chi connectivity index (χ0n) is 10.9. The molecule has 0 saturated heterocycles. The Hall–Kier alpha value is -1.88. The fourth-order valence-electron chi connectivity index (χ4n) is 1.91. The van der Waals surface area contributed by atoms with E-state index in [0.29, 0.717) is 16.8 Å². The highest BCUT2D eigenvalue weighted by atomic mass is 79.9. The Labute approximate surface area is 125 Å². The van der Waals surface area contributed by atoms with Crippen molar-refractivity contribution in [1.29, 1.82) is 0 Å². The number of carbonyl (C=O) groups is 1. The van der Waals surface area contributed by atoms with Crippen molar-refractivity contribution in [3.63, 3.8) is 0 Å². The average molecular weight is 337 g/mol. The standard InChI is InChI=1S/C15H14BrFN2O/c1-19(9-10-4-2-3-5-14(10)17)15(20)11-6-12(16)8-13(18)7-11/h2-8H,9,18H2,1H3. The Bertz CT molecular complexity index is 625. The molecule has 0 aromatic heterocycles. The molecule has 0 aliphatic rings. The normalized spacial score (nSPS) is 10.3. The van der Waals surface area contributed by atoms with E-state index in [1.807, 2.05) is 0 Å². The van der Waals surface area contributed by atoms with Gasteiger partial charge in [-0.3, -0.25) is 4.79 Å². The lowest BCUT2D eigenvalue weighted by atomic mass is 10.1. The first-order valence-corrected chi connectivity index (χ1v) is 6.81. The SMILES string of the molecule is CN(Cc1ccccc1F)C(=O)c1cc(N)cc(Br)c1. The van der Waals surface area contributed by atoms with Gasteiger partial charge in [0.25, 0.3) is 5.91 Å². The van der Waals surface area contributed by atoms with Crippen molar-refractivity contribution in [2.45, 2.75) is 6.54 Å². The lowest BCUT2D eigenvalue weighted by Crippen LogP contribution is -2.26. The molecule has 0 bridgehead atoms. The molecule has 2 aromatic rings. The first kappa shape index (κ1) is 14.5. The van der Waals surface area contributed by atoms with Gasteiger partial charge in [-0.15, -0.1) is 0 Å². The molecule has 2 N–H and O–H groups in total. The molecule has 0 atom stereocenters. The van der Waals surface area contributed by atoms with Gasteiger partial charge in [-0.25, -0.2) is 4.39 Å². The van der Waals surface area contributed by atoms with Gasteiger partial charge >= 0.3 is 0 Å². The summed E-state index contributed by atoms with van der Waals surface area (Å²) in [5.74, 6) is -0.526. The third-order valence-electron chi connectivity index (χ3n) is 2.88. The molecule has 0 radical (unpaired) electrons. The number of hydrogen-bond acceptors (Lipinski definition) is 2. The predicted molar refractivity (Wildman–Crippen MR) is 80.8 cm³/mol. The van der Waals surface area contributed by atoms with Gasteiger partial charge in [0.1, 0.15) is 5.82 Å². The monoisotopic (exact) mass is 336 g/mol. The minimum Gasteiger partial charge on any atom is -0.399 e. The van der Waals surface area contributed by atoms with Crippen LogP contribution in [0.15, 0.2) is 46.9 Å². The van der Waals surface area contributed by atoms with Crippen LogP contribution >= 0.6 is 15.9 Å². The van der Waals surface area contributed by atoms with Crippen molar-refractivity contribution in [1.82, 2.24) is 4.90 Å². The minimum atomic E-state index is -0.319. The number of benzene rings is 2. The zero-order valence-corrected chi connectivity index (χ0v) is 12.5. The van der Waals surface area contributed by atoms with E-state index >= 15 is 0 Å². The summed E-state index contributed by atoms with van der Waals surface area (Å²) in [6, 6.07) is 11.4. The highest BCUT2D eigenvalue weighted by Gasteiger charge is 2.14. The Morgan fingerprint density at radius 3 is 2.65 bits per heavy atom. The van der Waals surface area contributed by atoms with Crippen LogP contribution in [-0.2, 0) is 6.54 Å². The number of nitrogen functional groups attached to an aromatic ring is 1. The summed E-state index contributed by atoms with van der Waals surface area (Å²) in [7, 11) is 1.63. The molecule has 0 heterocycles. The highest BCUT2D eigenvalue weighted by molar-refractivity contribution is 9.10. The molecular weight excluding hydrogens is 323 g/mol. The Kier molecular flexibility index (Phi) is 4.39. The van der Waals surface area contributed by atoms with E-state index in [-0.39, 0.29) is 18.3 Å². The van der Waals surface area contributed by atoms with Gasteiger partial charge < -0.3 is 10.6 Å². The topological polar surface area (TPSA) is 46.3 Å². The van der Waals surface area contributed by atoms with Crippen LogP contribution in [0, 0.1) is 5.82 Å². The second kappa shape index (κ2) is 6.05. The minimum absolute atomic E-state index is 0.206. The molecule has 0 unspecified atom stereocenters. The summed E-state index contributed by atoms with van der Waals surface area (Å²) in [5, 5.41) is 0. The molecule has 20 heavy (non-hydrogen) atoms. The lowest BCUT2D eigenvalue weighted by Gasteiger charge is -2.18. The fourth-order valence-corrected chi connectivity index (χ4v) is 2.42. The molecule has 0 saturated carbocycles. The molecule has 0 spiro atoms. The van der Waals surface area contributed by atoms with Crippen molar-refractivity contribution < 1.29 is 9.18 Å². The van der Waals surface area contributed by atoms with Gasteiger partial charge in [0.05, 0.1) is 0 Å². The maximum Gasteiger partial charge on any atom is 0.254 e. The lowest BCUT2D eigenvalue weighted by molar-refractivity contribution is 0.0784. The van der Waals surface area contributed by atoms with Crippen molar-refractivity contribution in [3.05, 3.63) is 63.9 Å². The first-order chi connectivity index (χ1) is 9.47. The Morgan fingerprint density at radius 2 is 2.00 bits per heavy atom. The molecule has 5 heteroatoms. The second-order valence-electron chi connectivity index (χ2n) is 4.53. The van der Waals surface area contributed by atoms with Crippen molar-refractivity contribution in [2.24, 2.45) is 0 Å². The maximum atomic E-state index is 13.6. The molecule has 2 rings (SSSR count). The summed E-state index contributed by atoms with van der Waals surface area (Å²) < 4.78 is 14.3. The van der Waals surface area contributed by atoms with Gasteiger partial charge in [-0.05, 0) is 24.3 Å². The summed E-state index contributed by atoms with van der Waals surface area (Å²) in [4.78, 5) is 13.7. The van der Waals surface area contributed by atoms with Crippen LogP contribution in [0.4, 0.5) is 10.1 Å². The fraction of sp³-hybridized carbons (Fsp3) is 0.133. The molecule has 2 aromatic carbocycles. The molecule has 3 nitrogen and oxygen atoms in total.